The van der Waals surface area contributed by atoms with Crippen LogP contribution in [0.1, 0.15) is 25.3 Å². The largest absolute Gasteiger partial charge is 0.345 e. The first-order valence-corrected chi connectivity index (χ1v) is 6.14. The van der Waals surface area contributed by atoms with Gasteiger partial charge in [-0.25, -0.2) is 4.98 Å². The number of amidine groups is 1. The lowest BCUT2D eigenvalue weighted by atomic mass is 10.1. The highest BCUT2D eigenvalue weighted by Crippen LogP contribution is 2.25. The number of hydrogen-bond acceptors (Lipinski definition) is 3. The maximum absolute atomic E-state index is 4.45. The first-order chi connectivity index (χ1) is 8.38. The number of benzene rings is 1. The molecule has 1 aromatic heterocycles. The zero-order valence-corrected chi connectivity index (χ0v) is 9.95. The molecule has 0 unspecified atom stereocenters. The van der Waals surface area contributed by atoms with Gasteiger partial charge in [0.1, 0.15) is 5.84 Å². The maximum Gasteiger partial charge on any atom is 0.101 e. The SMILES string of the molecule is CCc1c(NC2=NCCC2)ccc2[nH]cnc12. The molecule has 3 rings (SSSR count). The molecule has 2 aromatic rings. The van der Waals surface area contributed by atoms with Gasteiger partial charge in [-0.05, 0) is 25.0 Å². The Bertz CT molecular complexity index is 568. The van der Waals surface area contributed by atoms with Crippen LogP contribution < -0.4 is 5.32 Å². The number of imidazole rings is 1. The smallest absolute Gasteiger partial charge is 0.101 e. The molecule has 2 heterocycles. The quantitative estimate of drug-likeness (QED) is 0.830. The minimum Gasteiger partial charge on any atom is -0.345 e. The number of aromatic nitrogens is 2. The van der Waals surface area contributed by atoms with Gasteiger partial charge in [0.25, 0.3) is 0 Å². The minimum absolute atomic E-state index is 0.953. The number of H-pyrrole nitrogens is 1. The molecule has 1 aromatic carbocycles. The van der Waals surface area contributed by atoms with Crippen molar-refractivity contribution in [1.82, 2.24) is 9.97 Å². The summed E-state index contributed by atoms with van der Waals surface area (Å²) in [5, 5.41) is 3.44. The number of hydrogen-bond donors (Lipinski definition) is 2. The Morgan fingerprint density at radius 3 is 3.12 bits per heavy atom. The van der Waals surface area contributed by atoms with Gasteiger partial charge in [0.15, 0.2) is 0 Å². The molecule has 0 saturated carbocycles. The van der Waals surface area contributed by atoms with E-state index >= 15 is 0 Å². The predicted octanol–water partition coefficient (Wildman–Crippen LogP) is 2.73. The molecule has 17 heavy (non-hydrogen) atoms. The maximum atomic E-state index is 4.45. The Hall–Kier alpha value is -1.84. The van der Waals surface area contributed by atoms with Gasteiger partial charge in [-0.15, -0.1) is 0 Å². The minimum atomic E-state index is 0.953. The molecule has 0 saturated heterocycles. The van der Waals surface area contributed by atoms with Crippen molar-refractivity contribution in [2.24, 2.45) is 4.99 Å². The van der Waals surface area contributed by atoms with Gasteiger partial charge in [-0.2, -0.15) is 0 Å². The Balaban J connectivity index is 2.02. The van der Waals surface area contributed by atoms with Crippen molar-refractivity contribution >= 4 is 22.6 Å². The van der Waals surface area contributed by atoms with E-state index in [1.807, 2.05) is 0 Å². The number of rotatable bonds is 2. The number of anilines is 1. The average molecular weight is 228 g/mol. The predicted molar refractivity (Wildman–Crippen MR) is 70.6 cm³/mol. The third-order valence-electron chi connectivity index (χ3n) is 3.20. The Morgan fingerprint density at radius 1 is 1.41 bits per heavy atom. The number of aliphatic imine (C=N–C) groups is 1. The molecule has 88 valence electrons. The first kappa shape index (κ1) is 10.3. The van der Waals surface area contributed by atoms with E-state index in [2.05, 4.69) is 39.3 Å². The molecule has 4 nitrogen and oxygen atoms in total. The third-order valence-corrected chi connectivity index (χ3v) is 3.20. The van der Waals surface area contributed by atoms with Crippen molar-refractivity contribution in [2.45, 2.75) is 26.2 Å². The second kappa shape index (κ2) is 4.20. The highest BCUT2D eigenvalue weighted by Gasteiger charge is 2.11. The fourth-order valence-electron chi connectivity index (χ4n) is 2.34. The zero-order chi connectivity index (χ0) is 11.7. The van der Waals surface area contributed by atoms with Gasteiger partial charge < -0.3 is 10.3 Å². The summed E-state index contributed by atoms with van der Waals surface area (Å²) in [7, 11) is 0. The number of nitrogens with zero attached hydrogens (tertiary/aromatic N) is 2. The molecule has 0 amide bonds. The molecule has 4 heteroatoms. The van der Waals surface area contributed by atoms with E-state index in [1.54, 1.807) is 6.33 Å². The van der Waals surface area contributed by atoms with Crippen molar-refractivity contribution in [3.8, 4) is 0 Å². The molecule has 0 spiro atoms. The van der Waals surface area contributed by atoms with Crippen LogP contribution in [0.5, 0.6) is 0 Å². The van der Waals surface area contributed by atoms with Crippen LogP contribution in [-0.2, 0) is 6.42 Å². The van der Waals surface area contributed by atoms with E-state index < -0.39 is 0 Å². The van der Waals surface area contributed by atoms with Crippen LogP contribution >= 0.6 is 0 Å². The van der Waals surface area contributed by atoms with Gasteiger partial charge in [-0.3, -0.25) is 4.99 Å². The van der Waals surface area contributed by atoms with Crippen LogP contribution in [0.2, 0.25) is 0 Å². The fraction of sp³-hybridized carbons (Fsp3) is 0.385. The lowest BCUT2D eigenvalue weighted by Gasteiger charge is -2.11. The van der Waals surface area contributed by atoms with Gasteiger partial charge >= 0.3 is 0 Å². The van der Waals surface area contributed by atoms with E-state index in [0.717, 1.165) is 48.4 Å². The number of fused-ring (bicyclic) bond motifs is 1. The molecule has 2 N–H and O–H groups in total. The number of nitrogens with one attached hydrogen (secondary N) is 2. The highest BCUT2D eigenvalue weighted by atomic mass is 15.0. The molecule has 1 aliphatic rings. The summed E-state index contributed by atoms with van der Waals surface area (Å²) in [4.78, 5) is 12.0. The number of aryl methyl sites for hydroxylation is 1. The Morgan fingerprint density at radius 2 is 2.35 bits per heavy atom. The molecule has 1 aliphatic heterocycles. The van der Waals surface area contributed by atoms with Crippen LogP contribution in [0, 0.1) is 0 Å². The highest BCUT2D eigenvalue weighted by molar-refractivity contribution is 5.99. The molecule has 0 bridgehead atoms. The van der Waals surface area contributed by atoms with E-state index in [4.69, 9.17) is 0 Å². The van der Waals surface area contributed by atoms with Crippen molar-refractivity contribution in [3.63, 3.8) is 0 Å². The zero-order valence-electron chi connectivity index (χ0n) is 9.95. The van der Waals surface area contributed by atoms with Gasteiger partial charge in [-0.1, -0.05) is 6.92 Å². The summed E-state index contributed by atoms with van der Waals surface area (Å²) in [5.41, 5.74) is 4.57. The lowest BCUT2D eigenvalue weighted by Crippen LogP contribution is -2.10. The van der Waals surface area contributed by atoms with E-state index in [1.165, 1.54) is 5.56 Å². The second-order valence-corrected chi connectivity index (χ2v) is 4.30. The third kappa shape index (κ3) is 1.79. The standard InChI is InChI=1S/C13H16N4/c1-2-9-10(17-12-4-3-7-14-12)5-6-11-13(9)16-8-15-11/h5-6,8H,2-4,7H2,1H3,(H,14,17)(H,15,16). The summed E-state index contributed by atoms with van der Waals surface area (Å²) in [5.74, 6) is 1.11. The Labute approximate surface area is 100 Å². The molecule has 0 radical (unpaired) electrons. The summed E-state index contributed by atoms with van der Waals surface area (Å²) in [6.07, 6.45) is 4.94. The number of aromatic amines is 1. The molecule has 0 atom stereocenters. The summed E-state index contributed by atoms with van der Waals surface area (Å²) in [6.45, 7) is 3.11. The van der Waals surface area contributed by atoms with E-state index in [-0.39, 0.29) is 0 Å². The lowest BCUT2D eigenvalue weighted by molar-refractivity contribution is 0.951. The van der Waals surface area contributed by atoms with Gasteiger partial charge in [0.2, 0.25) is 0 Å². The summed E-state index contributed by atoms with van der Waals surface area (Å²) >= 11 is 0. The van der Waals surface area contributed by atoms with Crippen molar-refractivity contribution in [1.29, 1.82) is 0 Å². The molecular formula is C13H16N4. The van der Waals surface area contributed by atoms with Crippen LogP contribution in [-0.4, -0.2) is 22.3 Å². The van der Waals surface area contributed by atoms with Gasteiger partial charge in [0, 0.05) is 24.2 Å². The molecule has 0 aliphatic carbocycles. The Kier molecular flexibility index (Phi) is 2.55. The van der Waals surface area contributed by atoms with Crippen molar-refractivity contribution in [3.05, 3.63) is 24.0 Å². The van der Waals surface area contributed by atoms with Crippen LogP contribution in [0.3, 0.4) is 0 Å². The second-order valence-electron chi connectivity index (χ2n) is 4.30. The monoisotopic (exact) mass is 228 g/mol. The van der Waals surface area contributed by atoms with Crippen LogP contribution in [0.4, 0.5) is 5.69 Å². The van der Waals surface area contributed by atoms with Crippen molar-refractivity contribution < 1.29 is 0 Å². The summed E-state index contributed by atoms with van der Waals surface area (Å²) in [6, 6.07) is 4.18. The molecule has 0 fully saturated rings. The van der Waals surface area contributed by atoms with E-state index in [0.29, 0.717) is 0 Å². The van der Waals surface area contributed by atoms with Crippen LogP contribution in [0.25, 0.3) is 11.0 Å². The summed E-state index contributed by atoms with van der Waals surface area (Å²) < 4.78 is 0. The van der Waals surface area contributed by atoms with E-state index in [9.17, 15) is 0 Å². The first-order valence-electron chi connectivity index (χ1n) is 6.14. The topological polar surface area (TPSA) is 53.1 Å². The van der Waals surface area contributed by atoms with Gasteiger partial charge in [0.05, 0.1) is 17.4 Å². The average Bonchev–Trinajstić information content (AvgIpc) is 2.98. The fourth-order valence-corrected chi connectivity index (χ4v) is 2.34. The van der Waals surface area contributed by atoms with Crippen molar-refractivity contribution in [2.75, 3.05) is 11.9 Å². The van der Waals surface area contributed by atoms with Crippen LogP contribution in [0.15, 0.2) is 23.5 Å². The molecular weight excluding hydrogens is 212 g/mol. The normalized spacial score (nSPS) is 15.2.